The van der Waals surface area contributed by atoms with Crippen molar-refractivity contribution in [2.45, 2.75) is 45.7 Å². The molecule has 0 spiro atoms. The van der Waals surface area contributed by atoms with Gasteiger partial charge in [-0.3, -0.25) is 4.79 Å². The Balaban J connectivity index is 1.73. The van der Waals surface area contributed by atoms with Gasteiger partial charge in [0.2, 0.25) is 0 Å². The van der Waals surface area contributed by atoms with Crippen LogP contribution < -0.4 is 10.6 Å². The maximum Gasteiger partial charge on any atom is 0.315 e. The molecule has 1 aliphatic heterocycles. The molecule has 0 aliphatic carbocycles. The lowest BCUT2D eigenvalue weighted by atomic mass is 10.1. The monoisotopic (exact) mass is 317 g/mol. The molecule has 1 aromatic rings. The van der Waals surface area contributed by atoms with Crippen LogP contribution in [-0.4, -0.2) is 42.4 Å². The summed E-state index contributed by atoms with van der Waals surface area (Å²) < 4.78 is 0. The number of urea groups is 1. The first-order valence-corrected chi connectivity index (χ1v) is 8.41. The van der Waals surface area contributed by atoms with Crippen LogP contribution in [-0.2, 0) is 6.54 Å². The second-order valence-electron chi connectivity index (χ2n) is 6.35. The summed E-state index contributed by atoms with van der Waals surface area (Å²) in [6.07, 6.45) is 3.83. The summed E-state index contributed by atoms with van der Waals surface area (Å²) >= 11 is 0. The van der Waals surface area contributed by atoms with E-state index in [1.54, 1.807) is 13.0 Å². The van der Waals surface area contributed by atoms with Crippen molar-refractivity contribution in [3.05, 3.63) is 35.4 Å². The predicted molar refractivity (Wildman–Crippen MR) is 91.6 cm³/mol. The van der Waals surface area contributed by atoms with Crippen molar-refractivity contribution in [3.8, 4) is 0 Å². The molecule has 2 N–H and O–H groups in total. The highest BCUT2D eigenvalue weighted by atomic mass is 16.2. The number of likely N-dealkylation sites (tertiary alicyclic amines) is 1. The molecule has 0 radical (unpaired) electrons. The summed E-state index contributed by atoms with van der Waals surface area (Å²) in [5, 5.41) is 5.83. The van der Waals surface area contributed by atoms with E-state index in [-0.39, 0.29) is 17.9 Å². The highest BCUT2D eigenvalue weighted by Crippen LogP contribution is 2.09. The Hall–Kier alpha value is -1.88. The SMILES string of the molecule is CC(=O)c1cccc(CNC(=O)NC(C)CN2CCCCC2)c1. The van der Waals surface area contributed by atoms with Gasteiger partial charge in [0.15, 0.2) is 5.78 Å². The van der Waals surface area contributed by atoms with Crippen molar-refractivity contribution < 1.29 is 9.59 Å². The fourth-order valence-electron chi connectivity index (χ4n) is 2.93. The lowest BCUT2D eigenvalue weighted by Gasteiger charge is -2.29. The number of benzene rings is 1. The number of nitrogens with zero attached hydrogens (tertiary/aromatic N) is 1. The number of amides is 2. The standard InChI is InChI=1S/C18H27N3O2/c1-14(13-21-9-4-3-5-10-21)20-18(23)19-12-16-7-6-8-17(11-16)15(2)22/h6-8,11,14H,3-5,9-10,12-13H2,1-2H3,(H2,19,20,23). The van der Waals surface area contributed by atoms with Crippen LogP contribution in [0.5, 0.6) is 0 Å². The fourth-order valence-corrected chi connectivity index (χ4v) is 2.93. The average Bonchev–Trinajstić information content (AvgIpc) is 2.54. The summed E-state index contributed by atoms with van der Waals surface area (Å²) in [7, 11) is 0. The molecule has 1 fully saturated rings. The van der Waals surface area contributed by atoms with Gasteiger partial charge in [-0.25, -0.2) is 4.79 Å². The van der Waals surface area contributed by atoms with Gasteiger partial charge in [-0.05, 0) is 51.4 Å². The largest absolute Gasteiger partial charge is 0.334 e. The molecule has 0 bridgehead atoms. The van der Waals surface area contributed by atoms with Crippen LogP contribution in [0.4, 0.5) is 4.79 Å². The van der Waals surface area contributed by atoms with Crippen molar-refractivity contribution in [1.29, 1.82) is 0 Å². The molecule has 126 valence electrons. The number of piperidine rings is 1. The van der Waals surface area contributed by atoms with E-state index in [9.17, 15) is 9.59 Å². The van der Waals surface area contributed by atoms with Crippen molar-refractivity contribution >= 4 is 11.8 Å². The van der Waals surface area contributed by atoms with Crippen LogP contribution in [0.15, 0.2) is 24.3 Å². The molecule has 1 unspecified atom stereocenters. The Kier molecular flexibility index (Phi) is 6.59. The first kappa shape index (κ1) is 17.5. The number of rotatable bonds is 6. The minimum absolute atomic E-state index is 0.0338. The van der Waals surface area contributed by atoms with E-state index in [2.05, 4.69) is 15.5 Å². The Morgan fingerprint density at radius 3 is 2.65 bits per heavy atom. The lowest BCUT2D eigenvalue weighted by molar-refractivity contribution is 0.101. The number of hydrogen-bond donors (Lipinski definition) is 2. The Morgan fingerprint density at radius 2 is 1.96 bits per heavy atom. The Labute approximate surface area is 138 Å². The van der Waals surface area contributed by atoms with Crippen LogP contribution in [0.2, 0.25) is 0 Å². The first-order chi connectivity index (χ1) is 11.0. The molecule has 2 amide bonds. The summed E-state index contributed by atoms with van der Waals surface area (Å²) in [4.78, 5) is 25.8. The summed E-state index contributed by atoms with van der Waals surface area (Å²) in [5.74, 6) is 0.0338. The van der Waals surface area contributed by atoms with Gasteiger partial charge in [-0.15, -0.1) is 0 Å². The maximum absolute atomic E-state index is 12.0. The van der Waals surface area contributed by atoms with Gasteiger partial charge in [0.1, 0.15) is 0 Å². The van der Waals surface area contributed by atoms with Gasteiger partial charge in [0.25, 0.3) is 0 Å². The zero-order valence-corrected chi connectivity index (χ0v) is 14.1. The molecule has 0 aromatic heterocycles. The van der Waals surface area contributed by atoms with Gasteiger partial charge < -0.3 is 15.5 Å². The number of nitrogens with one attached hydrogen (secondary N) is 2. The molecular weight excluding hydrogens is 290 g/mol. The molecule has 5 nitrogen and oxygen atoms in total. The van der Waals surface area contributed by atoms with Crippen molar-refractivity contribution in [3.63, 3.8) is 0 Å². The van der Waals surface area contributed by atoms with Crippen molar-refractivity contribution in [1.82, 2.24) is 15.5 Å². The predicted octanol–water partition coefficient (Wildman–Crippen LogP) is 2.56. The maximum atomic E-state index is 12.0. The van der Waals surface area contributed by atoms with Gasteiger partial charge in [0.05, 0.1) is 0 Å². The van der Waals surface area contributed by atoms with E-state index in [1.807, 2.05) is 25.1 Å². The lowest BCUT2D eigenvalue weighted by Crippen LogP contribution is -2.46. The van der Waals surface area contributed by atoms with Crippen molar-refractivity contribution in [2.75, 3.05) is 19.6 Å². The van der Waals surface area contributed by atoms with E-state index in [4.69, 9.17) is 0 Å². The number of carbonyl (C=O) groups excluding carboxylic acids is 2. The Bertz CT molecular complexity index is 539. The molecule has 2 rings (SSSR count). The third kappa shape index (κ3) is 6.02. The normalized spacial score (nSPS) is 16.6. The number of carbonyl (C=O) groups is 2. The summed E-state index contributed by atoms with van der Waals surface area (Å²) in [6, 6.07) is 7.31. The van der Waals surface area contributed by atoms with Gasteiger partial charge in [-0.2, -0.15) is 0 Å². The third-order valence-electron chi connectivity index (χ3n) is 4.14. The number of Topliss-reactive ketones (excluding diaryl/α,β-unsaturated/α-hetero) is 1. The summed E-state index contributed by atoms with van der Waals surface area (Å²) in [6.45, 7) is 7.15. The van der Waals surface area contributed by atoms with Crippen molar-refractivity contribution in [2.24, 2.45) is 0 Å². The second-order valence-corrected chi connectivity index (χ2v) is 6.35. The van der Waals surface area contributed by atoms with Crippen LogP contribution in [0.3, 0.4) is 0 Å². The minimum Gasteiger partial charge on any atom is -0.334 e. The Morgan fingerprint density at radius 1 is 1.22 bits per heavy atom. The summed E-state index contributed by atoms with van der Waals surface area (Å²) in [5.41, 5.74) is 1.60. The highest BCUT2D eigenvalue weighted by Gasteiger charge is 2.14. The van der Waals surface area contributed by atoms with Gasteiger partial charge >= 0.3 is 6.03 Å². The molecule has 1 aromatic carbocycles. The van der Waals surface area contributed by atoms with Crippen LogP contribution >= 0.6 is 0 Å². The van der Waals surface area contributed by atoms with Crippen LogP contribution in [0.1, 0.15) is 49.0 Å². The van der Waals surface area contributed by atoms with E-state index in [1.165, 1.54) is 19.3 Å². The van der Waals surface area contributed by atoms with Gasteiger partial charge in [0, 0.05) is 24.7 Å². The number of hydrogen-bond acceptors (Lipinski definition) is 3. The topological polar surface area (TPSA) is 61.4 Å². The molecular formula is C18H27N3O2. The highest BCUT2D eigenvalue weighted by molar-refractivity contribution is 5.94. The van der Waals surface area contributed by atoms with E-state index >= 15 is 0 Å². The molecule has 5 heteroatoms. The zero-order valence-electron chi connectivity index (χ0n) is 14.1. The third-order valence-corrected chi connectivity index (χ3v) is 4.14. The van der Waals surface area contributed by atoms with E-state index in [0.717, 1.165) is 25.2 Å². The zero-order chi connectivity index (χ0) is 16.7. The second kappa shape index (κ2) is 8.67. The quantitative estimate of drug-likeness (QED) is 0.793. The van der Waals surface area contributed by atoms with Gasteiger partial charge in [-0.1, -0.05) is 24.6 Å². The number of ketones is 1. The minimum atomic E-state index is -0.164. The molecule has 1 atom stereocenters. The van der Waals surface area contributed by atoms with E-state index in [0.29, 0.717) is 12.1 Å². The van der Waals surface area contributed by atoms with Crippen LogP contribution in [0, 0.1) is 0 Å². The van der Waals surface area contributed by atoms with Crippen LogP contribution in [0.25, 0.3) is 0 Å². The molecule has 1 aliphatic rings. The molecule has 1 heterocycles. The molecule has 23 heavy (non-hydrogen) atoms. The smallest absolute Gasteiger partial charge is 0.315 e. The molecule has 0 saturated carbocycles. The first-order valence-electron chi connectivity index (χ1n) is 8.41. The average molecular weight is 317 g/mol. The van der Waals surface area contributed by atoms with E-state index < -0.39 is 0 Å². The fraction of sp³-hybridized carbons (Fsp3) is 0.556. The molecule has 1 saturated heterocycles.